The first-order valence-electron chi connectivity index (χ1n) is 7.80. The maximum atomic E-state index is 12.3. The summed E-state index contributed by atoms with van der Waals surface area (Å²) < 4.78 is 5.31. The lowest BCUT2D eigenvalue weighted by Crippen LogP contribution is -2.43. The zero-order valence-corrected chi connectivity index (χ0v) is 13.9. The Balaban J connectivity index is 1.62. The lowest BCUT2D eigenvalue weighted by atomic mass is 9.92. The molecule has 3 N–H and O–H groups in total. The number of hydrogen-bond acceptors (Lipinski definition) is 5. The number of carbonyl (C=O) groups is 1. The van der Waals surface area contributed by atoms with Gasteiger partial charge in [0, 0.05) is 29.8 Å². The standard InChI is InChI=1S/C17H21N3O2S/c1-11-19-15(10-23-11)12-2-4-14(5-3-12)20-17(21)16(18)13-6-8-22-9-7-13/h2-5,10,13,16H,6-9,18H2,1H3,(H,20,21). The topological polar surface area (TPSA) is 77.2 Å². The Kier molecular flexibility index (Phi) is 5.05. The number of thiazole rings is 1. The van der Waals surface area contributed by atoms with E-state index in [-0.39, 0.29) is 11.8 Å². The van der Waals surface area contributed by atoms with Crippen molar-refractivity contribution in [3.05, 3.63) is 34.7 Å². The predicted molar refractivity (Wildman–Crippen MR) is 92.4 cm³/mol. The summed E-state index contributed by atoms with van der Waals surface area (Å²) in [5, 5.41) is 5.97. The summed E-state index contributed by atoms with van der Waals surface area (Å²) in [6.45, 7) is 3.36. The molecule has 0 spiro atoms. The van der Waals surface area contributed by atoms with Gasteiger partial charge in [-0.2, -0.15) is 0 Å². The van der Waals surface area contributed by atoms with Crippen molar-refractivity contribution < 1.29 is 9.53 Å². The third-order valence-electron chi connectivity index (χ3n) is 4.14. The highest BCUT2D eigenvalue weighted by atomic mass is 32.1. The number of nitrogens with one attached hydrogen (secondary N) is 1. The number of hydrogen-bond donors (Lipinski definition) is 2. The maximum absolute atomic E-state index is 12.3. The van der Waals surface area contributed by atoms with E-state index in [1.54, 1.807) is 11.3 Å². The minimum atomic E-state index is -0.486. The average Bonchev–Trinajstić information content (AvgIpc) is 3.02. The first kappa shape index (κ1) is 16.1. The molecule has 1 aromatic carbocycles. The van der Waals surface area contributed by atoms with Crippen molar-refractivity contribution in [1.82, 2.24) is 4.98 Å². The van der Waals surface area contributed by atoms with Gasteiger partial charge in [-0.25, -0.2) is 4.98 Å². The van der Waals surface area contributed by atoms with Gasteiger partial charge in [-0.3, -0.25) is 4.79 Å². The van der Waals surface area contributed by atoms with Gasteiger partial charge in [0.05, 0.1) is 16.7 Å². The highest BCUT2D eigenvalue weighted by Gasteiger charge is 2.26. The minimum Gasteiger partial charge on any atom is -0.381 e. The molecule has 1 aromatic heterocycles. The van der Waals surface area contributed by atoms with E-state index < -0.39 is 6.04 Å². The van der Waals surface area contributed by atoms with Crippen molar-refractivity contribution in [3.63, 3.8) is 0 Å². The molecule has 0 aliphatic carbocycles. The van der Waals surface area contributed by atoms with Gasteiger partial charge in [-0.05, 0) is 37.8 Å². The van der Waals surface area contributed by atoms with E-state index in [1.165, 1.54) is 0 Å². The number of anilines is 1. The number of carbonyl (C=O) groups excluding carboxylic acids is 1. The first-order valence-corrected chi connectivity index (χ1v) is 8.68. The largest absolute Gasteiger partial charge is 0.381 e. The molecular formula is C17H21N3O2S. The van der Waals surface area contributed by atoms with Crippen LogP contribution in [0.25, 0.3) is 11.3 Å². The molecule has 2 heterocycles. The number of nitrogens with two attached hydrogens (primary N) is 1. The van der Waals surface area contributed by atoms with Gasteiger partial charge in [0.1, 0.15) is 0 Å². The fourth-order valence-corrected chi connectivity index (χ4v) is 3.36. The molecule has 0 saturated carbocycles. The van der Waals surface area contributed by atoms with E-state index in [2.05, 4.69) is 10.3 Å². The Morgan fingerprint density at radius 3 is 2.65 bits per heavy atom. The molecule has 1 amide bonds. The summed E-state index contributed by atoms with van der Waals surface area (Å²) in [6.07, 6.45) is 1.69. The molecule has 0 bridgehead atoms. The van der Waals surface area contributed by atoms with E-state index in [1.807, 2.05) is 36.6 Å². The molecular weight excluding hydrogens is 310 g/mol. The van der Waals surface area contributed by atoms with Crippen LogP contribution in [0, 0.1) is 12.8 Å². The van der Waals surface area contributed by atoms with E-state index >= 15 is 0 Å². The second-order valence-corrected chi connectivity index (χ2v) is 6.86. The van der Waals surface area contributed by atoms with Crippen LogP contribution >= 0.6 is 11.3 Å². The van der Waals surface area contributed by atoms with E-state index in [0.29, 0.717) is 13.2 Å². The number of amides is 1. The summed E-state index contributed by atoms with van der Waals surface area (Å²) >= 11 is 1.63. The summed E-state index contributed by atoms with van der Waals surface area (Å²) in [6, 6.07) is 7.21. The molecule has 122 valence electrons. The highest BCUT2D eigenvalue weighted by molar-refractivity contribution is 7.09. The number of aromatic nitrogens is 1. The Bertz CT molecular complexity index is 663. The normalized spacial score (nSPS) is 17.0. The van der Waals surface area contributed by atoms with Crippen LogP contribution in [0.15, 0.2) is 29.6 Å². The molecule has 5 nitrogen and oxygen atoms in total. The van der Waals surface area contributed by atoms with E-state index in [4.69, 9.17) is 10.5 Å². The zero-order chi connectivity index (χ0) is 16.2. The molecule has 1 aliphatic rings. The maximum Gasteiger partial charge on any atom is 0.241 e. The van der Waals surface area contributed by atoms with Crippen molar-refractivity contribution in [2.24, 2.45) is 11.7 Å². The smallest absolute Gasteiger partial charge is 0.241 e. The number of benzene rings is 1. The summed E-state index contributed by atoms with van der Waals surface area (Å²) in [4.78, 5) is 16.7. The van der Waals surface area contributed by atoms with Gasteiger partial charge >= 0.3 is 0 Å². The van der Waals surface area contributed by atoms with Crippen LogP contribution in [0.4, 0.5) is 5.69 Å². The van der Waals surface area contributed by atoms with Crippen LogP contribution in [0.2, 0.25) is 0 Å². The van der Waals surface area contributed by atoms with Gasteiger partial charge in [0.2, 0.25) is 5.91 Å². The average molecular weight is 331 g/mol. The van der Waals surface area contributed by atoms with Crippen LogP contribution < -0.4 is 11.1 Å². The van der Waals surface area contributed by atoms with Crippen molar-refractivity contribution in [2.45, 2.75) is 25.8 Å². The van der Waals surface area contributed by atoms with Crippen LogP contribution in [0.5, 0.6) is 0 Å². The predicted octanol–water partition coefficient (Wildman–Crippen LogP) is 2.81. The van der Waals surface area contributed by atoms with Crippen LogP contribution in [-0.2, 0) is 9.53 Å². The van der Waals surface area contributed by atoms with Gasteiger partial charge in [-0.1, -0.05) is 12.1 Å². The molecule has 1 saturated heterocycles. The molecule has 6 heteroatoms. The van der Waals surface area contributed by atoms with Gasteiger partial charge in [0.15, 0.2) is 0 Å². The second-order valence-electron chi connectivity index (χ2n) is 5.79. The van der Waals surface area contributed by atoms with Crippen molar-refractivity contribution in [2.75, 3.05) is 18.5 Å². The fourth-order valence-electron chi connectivity index (χ4n) is 2.73. The van der Waals surface area contributed by atoms with E-state index in [9.17, 15) is 4.79 Å². The molecule has 2 aromatic rings. The van der Waals surface area contributed by atoms with Gasteiger partial charge < -0.3 is 15.8 Å². The number of ether oxygens (including phenoxy) is 1. The third-order valence-corrected chi connectivity index (χ3v) is 4.92. The van der Waals surface area contributed by atoms with Crippen LogP contribution in [-0.4, -0.2) is 30.1 Å². The molecule has 1 aliphatic heterocycles. The second kappa shape index (κ2) is 7.21. The van der Waals surface area contributed by atoms with Crippen LogP contribution in [0.3, 0.4) is 0 Å². The molecule has 1 unspecified atom stereocenters. The monoisotopic (exact) mass is 331 g/mol. The van der Waals surface area contributed by atoms with Crippen molar-refractivity contribution >= 4 is 22.9 Å². The molecule has 0 radical (unpaired) electrons. The molecule has 3 rings (SSSR count). The van der Waals surface area contributed by atoms with Crippen molar-refractivity contribution in [3.8, 4) is 11.3 Å². The number of nitrogens with zero attached hydrogens (tertiary/aromatic N) is 1. The quantitative estimate of drug-likeness (QED) is 0.903. The summed E-state index contributed by atoms with van der Waals surface area (Å²) in [7, 11) is 0. The molecule has 23 heavy (non-hydrogen) atoms. The lowest BCUT2D eigenvalue weighted by molar-refractivity contribution is -0.119. The Hall–Kier alpha value is -1.76. The van der Waals surface area contributed by atoms with Crippen molar-refractivity contribution in [1.29, 1.82) is 0 Å². The zero-order valence-electron chi connectivity index (χ0n) is 13.1. The Morgan fingerprint density at radius 1 is 1.35 bits per heavy atom. The fraction of sp³-hybridized carbons (Fsp3) is 0.412. The third kappa shape index (κ3) is 3.96. The Labute approximate surface area is 139 Å². The first-order chi connectivity index (χ1) is 11.1. The lowest BCUT2D eigenvalue weighted by Gasteiger charge is -2.26. The Morgan fingerprint density at radius 2 is 2.04 bits per heavy atom. The van der Waals surface area contributed by atoms with Gasteiger partial charge in [-0.15, -0.1) is 11.3 Å². The van der Waals surface area contributed by atoms with Crippen LogP contribution in [0.1, 0.15) is 17.8 Å². The number of aryl methyl sites for hydroxylation is 1. The summed E-state index contributed by atoms with van der Waals surface area (Å²) in [5.74, 6) is 0.0650. The number of rotatable bonds is 4. The summed E-state index contributed by atoms with van der Waals surface area (Å²) in [5.41, 5.74) is 8.85. The van der Waals surface area contributed by atoms with E-state index in [0.717, 1.165) is 34.8 Å². The molecule has 1 fully saturated rings. The highest BCUT2D eigenvalue weighted by Crippen LogP contribution is 2.24. The SMILES string of the molecule is Cc1nc(-c2ccc(NC(=O)C(N)C3CCOCC3)cc2)cs1. The van der Waals surface area contributed by atoms with Gasteiger partial charge in [0.25, 0.3) is 0 Å². The molecule has 1 atom stereocenters. The minimum absolute atomic E-state index is 0.130.